The number of aromatic amines is 1. The summed E-state index contributed by atoms with van der Waals surface area (Å²) in [5.41, 5.74) is 5.96. The molecule has 0 aliphatic carbocycles. The molecule has 2 aromatic rings. The molecule has 0 saturated carbocycles. The summed E-state index contributed by atoms with van der Waals surface area (Å²) in [6, 6.07) is 3.96. The van der Waals surface area contributed by atoms with Crippen molar-refractivity contribution in [2.24, 2.45) is 4.99 Å². The second-order valence-corrected chi connectivity index (χ2v) is 6.00. The van der Waals surface area contributed by atoms with Crippen LogP contribution in [-0.2, 0) is 12.3 Å². The van der Waals surface area contributed by atoms with Crippen molar-refractivity contribution in [3.05, 3.63) is 29.1 Å². The third-order valence-electron chi connectivity index (χ3n) is 2.43. The first-order valence-corrected chi connectivity index (χ1v) is 8.32. The number of aromatic nitrogens is 2. The van der Waals surface area contributed by atoms with Crippen molar-refractivity contribution in [3.8, 4) is 0 Å². The molecule has 9 heteroatoms. The molecule has 20 heavy (non-hydrogen) atoms. The molecule has 0 saturated heterocycles. The van der Waals surface area contributed by atoms with Crippen molar-refractivity contribution in [1.29, 1.82) is 0 Å². The highest BCUT2D eigenvalue weighted by Crippen LogP contribution is 2.15. The van der Waals surface area contributed by atoms with Crippen molar-refractivity contribution >= 4 is 28.7 Å². The van der Waals surface area contributed by atoms with Gasteiger partial charge in [-0.3, -0.25) is 4.99 Å². The average molecular weight is 315 g/mol. The van der Waals surface area contributed by atoms with Crippen LogP contribution in [-0.4, -0.2) is 32.6 Å². The number of hydrogen-bond donors (Lipinski definition) is 3. The van der Waals surface area contributed by atoms with Gasteiger partial charge in [-0.2, -0.15) is 11.8 Å². The molecule has 0 aromatic carbocycles. The molecule has 7 nitrogen and oxygen atoms in total. The van der Waals surface area contributed by atoms with Crippen LogP contribution in [0.4, 0.5) is 5.82 Å². The van der Waals surface area contributed by atoms with Gasteiger partial charge in [0.15, 0.2) is 11.1 Å². The Kier molecular flexibility index (Phi) is 5.65. The highest BCUT2D eigenvalue weighted by atomic mass is 32.2. The Morgan fingerprint density at radius 3 is 3.05 bits per heavy atom. The minimum Gasteiger partial charge on any atom is -0.548 e. The third kappa shape index (κ3) is 4.37. The Morgan fingerprint density at radius 2 is 2.35 bits per heavy atom. The van der Waals surface area contributed by atoms with E-state index in [1.165, 1.54) is 0 Å². The summed E-state index contributed by atoms with van der Waals surface area (Å²) in [4.78, 5) is 4.22. The van der Waals surface area contributed by atoms with Crippen molar-refractivity contribution in [2.75, 3.05) is 25.1 Å². The van der Waals surface area contributed by atoms with E-state index < -0.39 is 11.1 Å². The molecule has 2 rings (SSSR count). The van der Waals surface area contributed by atoms with Gasteiger partial charge >= 0.3 is 0 Å². The maximum Gasteiger partial charge on any atom is 0.229 e. The number of nitrogens with one attached hydrogen (secondary N) is 2. The number of furan rings is 1. The molecule has 0 radical (unpaired) electrons. The van der Waals surface area contributed by atoms with E-state index in [1.807, 2.05) is 19.2 Å². The highest BCUT2D eigenvalue weighted by molar-refractivity contribution is 7.98. The second kappa shape index (κ2) is 7.48. The number of thioether (sulfide) groups is 1. The summed E-state index contributed by atoms with van der Waals surface area (Å²) in [6.07, 6.45) is 0. The van der Waals surface area contributed by atoms with Crippen LogP contribution in [0.5, 0.6) is 0 Å². The zero-order valence-corrected chi connectivity index (χ0v) is 12.7. The molecular weight excluding hydrogens is 298 g/mol. The van der Waals surface area contributed by atoms with Gasteiger partial charge in [-0.25, -0.2) is 0 Å². The van der Waals surface area contributed by atoms with Gasteiger partial charge in [-0.05, 0) is 19.2 Å². The van der Waals surface area contributed by atoms with Crippen molar-refractivity contribution in [3.63, 3.8) is 0 Å². The van der Waals surface area contributed by atoms with Crippen LogP contribution < -0.4 is 16.5 Å². The molecule has 4 N–H and O–H groups in total. The quantitative estimate of drug-likeness (QED) is 0.516. The molecule has 0 aliphatic heterocycles. The minimum absolute atomic E-state index is 0.205. The fraction of sp³-hybridized carbons (Fsp3) is 0.455. The fourth-order valence-electron chi connectivity index (χ4n) is 1.57. The lowest BCUT2D eigenvalue weighted by atomic mass is 10.4. The zero-order chi connectivity index (χ0) is 14.4. The van der Waals surface area contributed by atoms with Gasteiger partial charge in [0.2, 0.25) is 11.3 Å². The Bertz CT molecular complexity index is 604. The van der Waals surface area contributed by atoms with Crippen LogP contribution in [0, 0.1) is 0 Å². The van der Waals surface area contributed by atoms with Gasteiger partial charge in [0.1, 0.15) is 11.5 Å². The average Bonchev–Trinajstić information content (AvgIpc) is 2.97. The van der Waals surface area contributed by atoms with Gasteiger partial charge in [0, 0.05) is 10.1 Å². The van der Waals surface area contributed by atoms with Gasteiger partial charge in [0.25, 0.3) is 0 Å². The number of anilines is 1. The molecule has 0 aliphatic rings. The second-order valence-electron chi connectivity index (χ2n) is 4.01. The van der Waals surface area contributed by atoms with Crippen LogP contribution in [0.2, 0.25) is 0 Å². The third-order valence-corrected chi connectivity index (χ3v) is 4.12. The highest BCUT2D eigenvalue weighted by Gasteiger charge is 2.03. The molecule has 110 valence electrons. The summed E-state index contributed by atoms with van der Waals surface area (Å²) in [5, 5.41) is 3.04. The van der Waals surface area contributed by atoms with E-state index in [4.69, 9.17) is 10.2 Å². The Hall–Kier alpha value is -1.29. The van der Waals surface area contributed by atoms with Gasteiger partial charge < -0.3 is 20.0 Å². The lowest BCUT2D eigenvalue weighted by Crippen LogP contribution is -2.09. The van der Waals surface area contributed by atoms with Gasteiger partial charge in [-0.15, -0.1) is 4.37 Å². The molecule has 2 aromatic heterocycles. The largest absolute Gasteiger partial charge is 0.548 e. The number of H-pyrrole nitrogens is 1. The first-order valence-electron chi connectivity index (χ1n) is 6.06. The molecular formula is C11H17N5O2S2. The maximum absolute atomic E-state index is 11.0. The van der Waals surface area contributed by atoms with E-state index in [0.717, 1.165) is 29.6 Å². The molecule has 0 spiro atoms. The van der Waals surface area contributed by atoms with E-state index in [-0.39, 0.29) is 5.82 Å². The molecule has 0 bridgehead atoms. The van der Waals surface area contributed by atoms with Gasteiger partial charge in [-0.1, -0.05) is 0 Å². The first-order chi connectivity index (χ1) is 9.69. The van der Waals surface area contributed by atoms with E-state index in [2.05, 4.69) is 19.1 Å². The van der Waals surface area contributed by atoms with Crippen LogP contribution >= 0.6 is 22.9 Å². The lowest BCUT2D eigenvalue weighted by Gasteiger charge is -1.97. The maximum atomic E-state index is 11.0. The van der Waals surface area contributed by atoms with Crippen molar-refractivity contribution < 1.29 is 8.97 Å². The predicted octanol–water partition coefficient (Wildman–Crippen LogP) is 0.866. The predicted molar refractivity (Wildman–Crippen MR) is 79.7 cm³/mol. The summed E-state index contributed by atoms with van der Waals surface area (Å²) in [6.45, 7) is 1.32. The number of nitrogen functional groups attached to an aromatic ring is 1. The van der Waals surface area contributed by atoms with E-state index in [9.17, 15) is 4.55 Å². The Balaban J connectivity index is 1.73. The zero-order valence-electron chi connectivity index (χ0n) is 11.1. The molecule has 2 heterocycles. The molecule has 1 unspecified atom stereocenters. The topological polar surface area (TPSA) is 115 Å². The van der Waals surface area contributed by atoms with Crippen LogP contribution in [0.15, 0.2) is 21.5 Å². The Morgan fingerprint density at radius 1 is 1.55 bits per heavy atom. The number of hydrogen-bond acceptors (Lipinski definition) is 7. The van der Waals surface area contributed by atoms with Crippen molar-refractivity contribution in [1.82, 2.24) is 14.1 Å². The minimum atomic E-state index is -1.46. The number of nitrogens with zero attached hydrogens (tertiary/aromatic N) is 2. The monoisotopic (exact) mass is 315 g/mol. The number of rotatable bonds is 7. The lowest BCUT2D eigenvalue weighted by molar-refractivity contribution is 0.469. The number of nitrogens with two attached hydrogens (primary N) is 1. The standard InChI is InChI=1S/C11H17N5O2S2/c1-13-6-8-2-3-9(18-8)7-19-5-4-14-11-10(12)15-20(17)16-11/h2-3,13H,4-7H2,1H3,(H2,12,15)(H,14,16). The fourth-order valence-corrected chi connectivity index (χ4v) is 2.93. The van der Waals surface area contributed by atoms with Crippen molar-refractivity contribution in [2.45, 2.75) is 12.3 Å². The first kappa shape index (κ1) is 15.1. The Labute approximate surface area is 123 Å². The summed E-state index contributed by atoms with van der Waals surface area (Å²) in [5.74, 6) is 3.72. The summed E-state index contributed by atoms with van der Waals surface area (Å²) < 4.78 is 22.9. The molecule has 0 fully saturated rings. The van der Waals surface area contributed by atoms with E-state index in [1.54, 1.807) is 11.8 Å². The normalized spacial score (nSPS) is 13.1. The summed E-state index contributed by atoms with van der Waals surface area (Å²) in [7, 11) is 1.88. The van der Waals surface area contributed by atoms with E-state index in [0.29, 0.717) is 12.0 Å². The van der Waals surface area contributed by atoms with Crippen LogP contribution in [0.25, 0.3) is 0 Å². The van der Waals surface area contributed by atoms with Gasteiger partial charge in [0.05, 0.1) is 18.8 Å². The van der Waals surface area contributed by atoms with Crippen LogP contribution in [0.3, 0.4) is 0 Å². The SMILES string of the molecule is CNCc1ccc(CSCCN=c2[nH][s+]([O-])nc2N)o1. The smallest absolute Gasteiger partial charge is 0.229 e. The molecule has 1 atom stereocenters. The van der Waals surface area contributed by atoms with Crippen LogP contribution in [0.1, 0.15) is 11.5 Å². The van der Waals surface area contributed by atoms with E-state index >= 15 is 0 Å². The summed E-state index contributed by atoms with van der Waals surface area (Å²) >= 11 is 0.253. The molecule has 0 amide bonds.